The lowest BCUT2D eigenvalue weighted by molar-refractivity contribution is 0.0911. The van der Waals surface area contributed by atoms with Gasteiger partial charge in [-0.2, -0.15) is 0 Å². The highest BCUT2D eigenvalue weighted by atomic mass is 16.1. The largest absolute Gasteiger partial charge is 0.385 e. The molecule has 0 bridgehead atoms. The molecule has 1 saturated heterocycles. The number of hydrogen-bond acceptors (Lipinski definition) is 3. The molecule has 1 fully saturated rings. The maximum absolute atomic E-state index is 12.6. The van der Waals surface area contributed by atoms with Crippen molar-refractivity contribution in [2.24, 2.45) is 0 Å². The Bertz CT molecular complexity index is 507. The number of nitrogens with one attached hydrogen (secondary N) is 2. The van der Waals surface area contributed by atoms with Gasteiger partial charge < -0.3 is 15.5 Å². The highest BCUT2D eigenvalue weighted by Crippen LogP contribution is 2.25. The van der Waals surface area contributed by atoms with Crippen molar-refractivity contribution in [2.75, 3.05) is 31.5 Å². The van der Waals surface area contributed by atoms with Crippen LogP contribution >= 0.6 is 0 Å². The first-order valence-corrected chi connectivity index (χ1v) is 8.17. The van der Waals surface area contributed by atoms with Crippen LogP contribution in [0.5, 0.6) is 0 Å². The van der Waals surface area contributed by atoms with Gasteiger partial charge in [-0.3, -0.25) is 4.79 Å². The molecule has 0 saturated carbocycles. The van der Waals surface area contributed by atoms with E-state index in [4.69, 9.17) is 0 Å². The molecular weight excluding hydrogens is 262 g/mol. The van der Waals surface area contributed by atoms with Crippen LogP contribution in [0.2, 0.25) is 0 Å². The lowest BCUT2D eigenvalue weighted by Gasteiger charge is -2.31. The van der Waals surface area contributed by atoms with E-state index in [0.29, 0.717) is 6.04 Å². The number of carbonyl (C=O) groups is 1. The van der Waals surface area contributed by atoms with E-state index < -0.39 is 0 Å². The van der Waals surface area contributed by atoms with Gasteiger partial charge in [0, 0.05) is 36.9 Å². The Balaban J connectivity index is 1.66. The van der Waals surface area contributed by atoms with Crippen molar-refractivity contribution in [3.8, 4) is 0 Å². The van der Waals surface area contributed by atoms with Crippen molar-refractivity contribution in [3.05, 3.63) is 29.3 Å². The average Bonchev–Trinajstić information content (AvgIpc) is 2.55. The second-order valence-electron chi connectivity index (χ2n) is 6.04. The first-order chi connectivity index (χ1) is 10.3. The summed E-state index contributed by atoms with van der Waals surface area (Å²) in [6, 6.07) is 6.34. The topological polar surface area (TPSA) is 44.4 Å². The van der Waals surface area contributed by atoms with Crippen LogP contribution in [0.4, 0.5) is 5.69 Å². The number of likely N-dealkylation sites (tertiary alicyclic amines) is 1. The van der Waals surface area contributed by atoms with Gasteiger partial charge in [0.05, 0.1) is 0 Å². The van der Waals surface area contributed by atoms with Crippen LogP contribution in [0.3, 0.4) is 0 Å². The molecule has 2 aliphatic heterocycles. The molecular formula is C17H25N3O. The fourth-order valence-corrected chi connectivity index (χ4v) is 3.38. The first-order valence-electron chi connectivity index (χ1n) is 8.17. The number of benzene rings is 1. The number of nitrogens with zero attached hydrogens (tertiary/aromatic N) is 1. The normalized spacial score (nSPS) is 19.7. The number of fused-ring (bicyclic) bond motifs is 1. The van der Waals surface area contributed by atoms with E-state index in [0.717, 1.165) is 63.1 Å². The number of amides is 1. The summed E-state index contributed by atoms with van der Waals surface area (Å²) in [4.78, 5) is 15.0. The second kappa shape index (κ2) is 6.48. The molecule has 2 aliphatic rings. The lowest BCUT2D eigenvalue weighted by Crippen LogP contribution is -2.44. The monoisotopic (exact) mass is 287 g/mol. The Morgan fingerprint density at radius 2 is 2.19 bits per heavy atom. The molecule has 114 valence electrons. The molecule has 0 spiro atoms. The fraction of sp³-hybridized carbons (Fsp3) is 0.588. The minimum Gasteiger partial charge on any atom is -0.385 e. The van der Waals surface area contributed by atoms with Crippen LogP contribution in [0.15, 0.2) is 18.2 Å². The maximum Gasteiger partial charge on any atom is 0.251 e. The molecule has 1 aromatic carbocycles. The van der Waals surface area contributed by atoms with E-state index >= 15 is 0 Å². The number of piperidine rings is 1. The summed E-state index contributed by atoms with van der Waals surface area (Å²) >= 11 is 0. The van der Waals surface area contributed by atoms with Crippen LogP contribution in [0.1, 0.15) is 42.1 Å². The van der Waals surface area contributed by atoms with Crippen LogP contribution < -0.4 is 10.6 Å². The van der Waals surface area contributed by atoms with E-state index in [2.05, 4.69) is 28.5 Å². The molecule has 0 radical (unpaired) electrons. The number of carbonyl (C=O) groups excluding carboxylic acids is 1. The molecule has 0 atom stereocenters. The zero-order valence-corrected chi connectivity index (χ0v) is 12.8. The van der Waals surface area contributed by atoms with Gasteiger partial charge in [-0.05, 0) is 49.9 Å². The van der Waals surface area contributed by atoms with Crippen LogP contribution in [-0.2, 0) is 6.42 Å². The molecule has 2 N–H and O–H groups in total. The Morgan fingerprint density at radius 1 is 1.38 bits per heavy atom. The molecule has 4 nitrogen and oxygen atoms in total. The van der Waals surface area contributed by atoms with Gasteiger partial charge in [0.1, 0.15) is 0 Å². The number of anilines is 1. The van der Waals surface area contributed by atoms with E-state index in [1.807, 2.05) is 12.1 Å². The summed E-state index contributed by atoms with van der Waals surface area (Å²) in [6.45, 7) is 6.50. The SMILES string of the molecule is CCN1CCC(NC(=O)c2cccc3c2CCCN3)CC1. The zero-order valence-electron chi connectivity index (χ0n) is 12.8. The highest BCUT2D eigenvalue weighted by Gasteiger charge is 2.22. The smallest absolute Gasteiger partial charge is 0.251 e. The third kappa shape index (κ3) is 3.21. The first kappa shape index (κ1) is 14.4. The predicted molar refractivity (Wildman–Crippen MR) is 85.9 cm³/mol. The summed E-state index contributed by atoms with van der Waals surface area (Å²) in [7, 11) is 0. The standard InChI is InChI=1S/C17H25N3O/c1-2-20-11-8-13(9-12-20)19-17(21)15-5-3-7-16-14(15)6-4-10-18-16/h3,5,7,13,18H,2,4,6,8-12H2,1H3,(H,19,21). The molecule has 21 heavy (non-hydrogen) atoms. The minimum absolute atomic E-state index is 0.102. The quantitative estimate of drug-likeness (QED) is 0.896. The lowest BCUT2D eigenvalue weighted by atomic mass is 9.96. The van der Waals surface area contributed by atoms with Crippen molar-refractivity contribution in [2.45, 2.75) is 38.6 Å². The Hall–Kier alpha value is -1.55. The van der Waals surface area contributed by atoms with Gasteiger partial charge in [0.15, 0.2) is 0 Å². The van der Waals surface area contributed by atoms with Gasteiger partial charge >= 0.3 is 0 Å². The molecule has 2 heterocycles. The van der Waals surface area contributed by atoms with E-state index in [9.17, 15) is 4.79 Å². The zero-order chi connectivity index (χ0) is 14.7. The van der Waals surface area contributed by atoms with Crippen molar-refractivity contribution in [1.82, 2.24) is 10.2 Å². The van der Waals surface area contributed by atoms with Gasteiger partial charge in [-0.25, -0.2) is 0 Å². The maximum atomic E-state index is 12.6. The van der Waals surface area contributed by atoms with Crippen molar-refractivity contribution >= 4 is 11.6 Å². The van der Waals surface area contributed by atoms with E-state index in [1.165, 1.54) is 5.56 Å². The second-order valence-corrected chi connectivity index (χ2v) is 6.04. The number of hydrogen-bond donors (Lipinski definition) is 2. The molecule has 0 unspecified atom stereocenters. The van der Waals surface area contributed by atoms with Gasteiger partial charge in [-0.15, -0.1) is 0 Å². The van der Waals surface area contributed by atoms with E-state index in [-0.39, 0.29) is 5.91 Å². The fourth-order valence-electron chi connectivity index (χ4n) is 3.38. The molecule has 0 aliphatic carbocycles. The third-order valence-electron chi connectivity index (χ3n) is 4.71. The molecule has 1 aromatic rings. The van der Waals surface area contributed by atoms with E-state index in [1.54, 1.807) is 0 Å². The van der Waals surface area contributed by atoms with Crippen LogP contribution in [0.25, 0.3) is 0 Å². The molecule has 0 aromatic heterocycles. The van der Waals surface area contributed by atoms with Crippen molar-refractivity contribution in [3.63, 3.8) is 0 Å². The summed E-state index contributed by atoms with van der Waals surface area (Å²) in [5.74, 6) is 0.102. The minimum atomic E-state index is 0.102. The van der Waals surface area contributed by atoms with Crippen molar-refractivity contribution < 1.29 is 4.79 Å². The molecule has 3 rings (SSSR count). The summed E-state index contributed by atoms with van der Waals surface area (Å²) in [5.41, 5.74) is 3.18. The van der Waals surface area contributed by atoms with Crippen LogP contribution in [0, 0.1) is 0 Å². The number of rotatable bonds is 3. The Morgan fingerprint density at radius 3 is 2.95 bits per heavy atom. The highest BCUT2D eigenvalue weighted by molar-refractivity contribution is 5.97. The molecule has 4 heteroatoms. The Labute approximate surface area is 126 Å². The average molecular weight is 287 g/mol. The van der Waals surface area contributed by atoms with Crippen molar-refractivity contribution in [1.29, 1.82) is 0 Å². The Kier molecular flexibility index (Phi) is 4.44. The van der Waals surface area contributed by atoms with Crippen LogP contribution in [-0.4, -0.2) is 43.0 Å². The molecule has 1 amide bonds. The van der Waals surface area contributed by atoms with Gasteiger partial charge in [0.2, 0.25) is 0 Å². The predicted octanol–water partition coefficient (Wildman–Crippen LogP) is 2.26. The summed E-state index contributed by atoms with van der Waals surface area (Å²) in [5, 5.41) is 6.62. The summed E-state index contributed by atoms with van der Waals surface area (Å²) < 4.78 is 0. The third-order valence-corrected chi connectivity index (χ3v) is 4.71. The summed E-state index contributed by atoms with van der Waals surface area (Å²) in [6.07, 6.45) is 4.23. The van der Waals surface area contributed by atoms with Gasteiger partial charge in [-0.1, -0.05) is 13.0 Å². The van der Waals surface area contributed by atoms with Gasteiger partial charge in [0.25, 0.3) is 5.91 Å².